The molecule has 0 radical (unpaired) electrons. The molecule has 0 atom stereocenters. The Hall–Kier alpha value is -0.590. The summed E-state index contributed by atoms with van der Waals surface area (Å²) in [5, 5.41) is 0. The van der Waals surface area contributed by atoms with Gasteiger partial charge in [-0.15, -0.1) is 0 Å². The van der Waals surface area contributed by atoms with Gasteiger partial charge in [-0.2, -0.15) is 0 Å². The van der Waals surface area contributed by atoms with E-state index in [1.807, 2.05) is 19.9 Å². The summed E-state index contributed by atoms with van der Waals surface area (Å²) in [6.45, 7) is 8.01. The molecule has 0 fully saturated rings. The van der Waals surface area contributed by atoms with Gasteiger partial charge in [0.2, 0.25) is 0 Å². The molecule has 0 aromatic heterocycles. The SMILES string of the molecule is CCOC(=O)C(CCI)(CCC=C(C)C)C(=O)OCC. The number of carbonyl (C=O) groups excluding carboxylic acids is 2. The summed E-state index contributed by atoms with van der Waals surface area (Å²) in [6, 6.07) is 0. The van der Waals surface area contributed by atoms with Gasteiger partial charge in [-0.1, -0.05) is 34.2 Å². The van der Waals surface area contributed by atoms with Crippen molar-refractivity contribution in [2.24, 2.45) is 5.41 Å². The van der Waals surface area contributed by atoms with E-state index < -0.39 is 17.4 Å². The van der Waals surface area contributed by atoms with E-state index in [-0.39, 0.29) is 13.2 Å². The van der Waals surface area contributed by atoms with Crippen LogP contribution in [0.1, 0.15) is 47.0 Å². The van der Waals surface area contributed by atoms with Gasteiger partial charge in [-0.3, -0.25) is 9.59 Å². The zero-order valence-corrected chi connectivity index (χ0v) is 15.0. The first-order valence-electron chi connectivity index (χ1n) is 6.98. The third-order valence-corrected chi connectivity index (χ3v) is 3.52. The Morgan fingerprint density at radius 3 is 1.90 bits per heavy atom. The second-order valence-electron chi connectivity index (χ2n) is 4.78. The summed E-state index contributed by atoms with van der Waals surface area (Å²) in [5.74, 6) is -0.922. The number of carbonyl (C=O) groups is 2. The van der Waals surface area contributed by atoms with Crippen LogP contribution in [0.15, 0.2) is 11.6 Å². The van der Waals surface area contributed by atoms with Crippen molar-refractivity contribution < 1.29 is 19.1 Å². The second kappa shape index (κ2) is 10.2. The molecule has 0 spiro atoms. The summed E-state index contributed by atoms with van der Waals surface area (Å²) < 4.78 is 10.9. The molecule has 0 saturated heterocycles. The van der Waals surface area contributed by atoms with Gasteiger partial charge in [0, 0.05) is 4.43 Å². The van der Waals surface area contributed by atoms with E-state index in [1.54, 1.807) is 13.8 Å². The van der Waals surface area contributed by atoms with Gasteiger partial charge in [0.25, 0.3) is 0 Å². The lowest BCUT2D eigenvalue weighted by Crippen LogP contribution is -2.42. The molecule has 0 aliphatic rings. The van der Waals surface area contributed by atoms with Crippen LogP contribution >= 0.6 is 22.6 Å². The largest absolute Gasteiger partial charge is 0.465 e. The summed E-state index contributed by atoms with van der Waals surface area (Å²) in [7, 11) is 0. The number of hydrogen-bond donors (Lipinski definition) is 0. The monoisotopic (exact) mass is 396 g/mol. The second-order valence-corrected chi connectivity index (χ2v) is 5.86. The highest BCUT2D eigenvalue weighted by atomic mass is 127. The fourth-order valence-corrected chi connectivity index (χ4v) is 2.84. The number of hydrogen-bond acceptors (Lipinski definition) is 4. The number of ether oxygens (including phenoxy) is 2. The number of allylic oxidation sites excluding steroid dienone is 2. The van der Waals surface area contributed by atoms with Gasteiger partial charge >= 0.3 is 11.9 Å². The van der Waals surface area contributed by atoms with E-state index in [9.17, 15) is 9.59 Å². The Labute approximate surface area is 135 Å². The van der Waals surface area contributed by atoms with Crippen LogP contribution in [-0.4, -0.2) is 29.6 Å². The van der Waals surface area contributed by atoms with Crippen molar-refractivity contribution in [3.8, 4) is 0 Å². The fraction of sp³-hybridized carbons (Fsp3) is 0.733. The molecule has 0 saturated carbocycles. The smallest absolute Gasteiger partial charge is 0.323 e. The highest BCUT2D eigenvalue weighted by molar-refractivity contribution is 14.1. The van der Waals surface area contributed by atoms with Crippen LogP contribution in [0.4, 0.5) is 0 Å². The first kappa shape index (κ1) is 19.4. The maximum absolute atomic E-state index is 12.3. The van der Waals surface area contributed by atoms with Crippen LogP contribution in [-0.2, 0) is 19.1 Å². The molecule has 0 unspecified atom stereocenters. The molecule has 0 N–H and O–H groups in total. The highest BCUT2D eigenvalue weighted by Gasteiger charge is 2.47. The molecule has 0 aliphatic heterocycles. The Morgan fingerprint density at radius 1 is 1.05 bits per heavy atom. The van der Waals surface area contributed by atoms with E-state index >= 15 is 0 Å². The van der Waals surface area contributed by atoms with Crippen molar-refractivity contribution in [1.29, 1.82) is 0 Å². The lowest BCUT2D eigenvalue weighted by atomic mass is 9.80. The normalized spacial score (nSPS) is 10.8. The molecular weight excluding hydrogens is 371 g/mol. The van der Waals surface area contributed by atoms with Crippen LogP contribution in [0.2, 0.25) is 0 Å². The molecule has 0 aliphatic carbocycles. The van der Waals surface area contributed by atoms with Crippen molar-refractivity contribution in [3.63, 3.8) is 0 Å². The minimum atomic E-state index is -1.17. The highest BCUT2D eigenvalue weighted by Crippen LogP contribution is 2.33. The van der Waals surface area contributed by atoms with Crippen molar-refractivity contribution in [2.75, 3.05) is 17.6 Å². The lowest BCUT2D eigenvalue weighted by molar-refractivity contribution is -0.172. The molecule has 0 amide bonds. The lowest BCUT2D eigenvalue weighted by Gasteiger charge is -2.28. The Kier molecular flexibility index (Phi) is 9.88. The van der Waals surface area contributed by atoms with Crippen LogP contribution in [0.3, 0.4) is 0 Å². The molecule has 5 heteroatoms. The zero-order chi connectivity index (χ0) is 15.6. The van der Waals surface area contributed by atoms with Gasteiger partial charge in [-0.05, 0) is 47.0 Å². The van der Waals surface area contributed by atoms with Gasteiger partial charge < -0.3 is 9.47 Å². The first-order chi connectivity index (χ1) is 9.44. The van der Waals surface area contributed by atoms with E-state index in [2.05, 4.69) is 22.6 Å². The van der Waals surface area contributed by atoms with Crippen LogP contribution in [0.5, 0.6) is 0 Å². The van der Waals surface area contributed by atoms with Crippen molar-refractivity contribution in [3.05, 3.63) is 11.6 Å². The van der Waals surface area contributed by atoms with Crippen molar-refractivity contribution in [2.45, 2.75) is 47.0 Å². The quantitative estimate of drug-likeness (QED) is 0.196. The molecule has 0 rings (SSSR count). The fourth-order valence-electron chi connectivity index (χ4n) is 1.92. The molecule has 20 heavy (non-hydrogen) atoms. The van der Waals surface area contributed by atoms with Gasteiger partial charge in [-0.25, -0.2) is 0 Å². The van der Waals surface area contributed by atoms with Crippen molar-refractivity contribution >= 4 is 34.5 Å². The van der Waals surface area contributed by atoms with E-state index in [4.69, 9.17) is 9.47 Å². The maximum atomic E-state index is 12.3. The van der Waals surface area contributed by atoms with Crippen LogP contribution in [0.25, 0.3) is 0 Å². The number of rotatable bonds is 9. The number of halogens is 1. The molecule has 116 valence electrons. The Bertz CT molecular complexity index is 328. The summed E-state index contributed by atoms with van der Waals surface area (Å²) in [4.78, 5) is 24.6. The number of alkyl halides is 1. The summed E-state index contributed by atoms with van der Waals surface area (Å²) >= 11 is 2.17. The number of esters is 2. The van der Waals surface area contributed by atoms with Crippen molar-refractivity contribution in [1.82, 2.24) is 0 Å². The Morgan fingerprint density at radius 2 is 1.55 bits per heavy atom. The van der Waals surface area contributed by atoms with Crippen LogP contribution < -0.4 is 0 Å². The van der Waals surface area contributed by atoms with E-state index in [0.717, 1.165) is 0 Å². The van der Waals surface area contributed by atoms with Gasteiger partial charge in [0.15, 0.2) is 5.41 Å². The van der Waals surface area contributed by atoms with Crippen LogP contribution in [0, 0.1) is 5.41 Å². The van der Waals surface area contributed by atoms with E-state index in [0.29, 0.717) is 23.7 Å². The average Bonchev–Trinajstić information content (AvgIpc) is 2.37. The minimum absolute atomic E-state index is 0.268. The third-order valence-electron chi connectivity index (χ3n) is 2.98. The summed E-state index contributed by atoms with van der Waals surface area (Å²) in [5.41, 5.74) is 0.000177. The molecule has 0 heterocycles. The molecule has 0 bridgehead atoms. The standard InChI is InChI=1S/C15H25IO4/c1-5-19-13(17)15(10-11-16,14(18)20-6-2)9-7-8-12(3)4/h8H,5-7,9-11H2,1-4H3. The predicted octanol–water partition coefficient (Wildman–Crippen LogP) is 3.67. The third kappa shape index (κ3) is 5.81. The zero-order valence-electron chi connectivity index (χ0n) is 12.8. The molecular formula is C15H25IO4. The molecule has 0 aromatic rings. The average molecular weight is 396 g/mol. The maximum Gasteiger partial charge on any atom is 0.323 e. The topological polar surface area (TPSA) is 52.6 Å². The minimum Gasteiger partial charge on any atom is -0.465 e. The Balaban J connectivity index is 5.25. The van der Waals surface area contributed by atoms with E-state index in [1.165, 1.54) is 5.57 Å². The van der Waals surface area contributed by atoms with Gasteiger partial charge in [0.05, 0.1) is 13.2 Å². The van der Waals surface area contributed by atoms with Gasteiger partial charge in [0.1, 0.15) is 0 Å². The summed E-state index contributed by atoms with van der Waals surface area (Å²) in [6.07, 6.45) is 3.57. The first-order valence-corrected chi connectivity index (χ1v) is 8.50. The predicted molar refractivity (Wildman–Crippen MR) is 87.9 cm³/mol. The molecule has 0 aromatic carbocycles. The molecule has 4 nitrogen and oxygen atoms in total.